The van der Waals surface area contributed by atoms with E-state index in [0.717, 1.165) is 16.8 Å². The summed E-state index contributed by atoms with van der Waals surface area (Å²) in [6, 6.07) is 10.8. The zero-order valence-corrected chi connectivity index (χ0v) is 10.3. The highest BCUT2D eigenvalue weighted by Crippen LogP contribution is 2.28. The van der Waals surface area contributed by atoms with Gasteiger partial charge in [-0.25, -0.2) is 4.79 Å². The molecule has 4 heteroatoms. The first kappa shape index (κ1) is 13.1. The first-order valence-electron chi connectivity index (χ1n) is 5.85. The predicted molar refractivity (Wildman–Crippen MR) is 72.4 cm³/mol. The molecule has 98 valence electrons. The van der Waals surface area contributed by atoms with E-state index in [2.05, 4.69) is 6.58 Å². The van der Waals surface area contributed by atoms with Crippen LogP contribution in [0, 0.1) is 0 Å². The van der Waals surface area contributed by atoms with Crippen LogP contribution in [0.25, 0.3) is 10.8 Å². The summed E-state index contributed by atoms with van der Waals surface area (Å²) in [6.45, 7) is 3.55. The molecule has 0 aromatic heterocycles. The smallest absolute Gasteiger partial charge is 0.335 e. The van der Waals surface area contributed by atoms with Gasteiger partial charge < -0.3 is 14.6 Å². The fourth-order valence-corrected chi connectivity index (χ4v) is 1.73. The van der Waals surface area contributed by atoms with E-state index in [1.54, 1.807) is 12.1 Å². The molecule has 4 nitrogen and oxygen atoms in total. The first-order chi connectivity index (χ1) is 9.24. The van der Waals surface area contributed by atoms with Gasteiger partial charge in [0.1, 0.15) is 18.1 Å². The topological polar surface area (TPSA) is 55.8 Å². The van der Waals surface area contributed by atoms with Crippen LogP contribution in [0.5, 0.6) is 11.5 Å². The lowest BCUT2D eigenvalue weighted by Crippen LogP contribution is -2.03. The van der Waals surface area contributed by atoms with Gasteiger partial charge in [-0.2, -0.15) is 0 Å². The number of aliphatic hydroxyl groups is 1. The Balaban J connectivity index is 2.33. The van der Waals surface area contributed by atoms with Crippen LogP contribution < -0.4 is 9.47 Å². The van der Waals surface area contributed by atoms with Gasteiger partial charge in [0, 0.05) is 11.5 Å². The van der Waals surface area contributed by atoms with Gasteiger partial charge in [0.25, 0.3) is 0 Å². The number of carbonyl (C=O) groups excluding carboxylic acids is 1. The Bertz CT molecular complexity index is 604. The summed E-state index contributed by atoms with van der Waals surface area (Å²) in [7, 11) is 0. The largest absolute Gasteiger partial charge is 0.491 e. The Morgan fingerprint density at radius 2 is 2.16 bits per heavy atom. The summed E-state index contributed by atoms with van der Waals surface area (Å²) in [5.74, 6) is 0.650. The predicted octanol–water partition coefficient (Wildman–Crippen LogP) is 2.30. The van der Waals surface area contributed by atoms with Crippen LogP contribution in [-0.4, -0.2) is 24.3 Å². The Morgan fingerprint density at radius 1 is 1.32 bits per heavy atom. The molecule has 0 aliphatic heterocycles. The number of esters is 1. The van der Waals surface area contributed by atoms with Gasteiger partial charge in [0.15, 0.2) is 0 Å². The second kappa shape index (κ2) is 6.02. The fourth-order valence-electron chi connectivity index (χ4n) is 1.73. The normalized spacial score (nSPS) is 10.2. The Morgan fingerprint density at radius 3 is 2.89 bits per heavy atom. The third-order valence-electron chi connectivity index (χ3n) is 2.55. The summed E-state index contributed by atoms with van der Waals surface area (Å²) in [5.41, 5.74) is 0. The molecule has 0 saturated carbocycles. The van der Waals surface area contributed by atoms with Crippen molar-refractivity contribution in [2.24, 2.45) is 0 Å². The maximum absolute atomic E-state index is 11.1. The lowest BCUT2D eigenvalue weighted by Gasteiger charge is -2.09. The molecule has 0 saturated heterocycles. The summed E-state index contributed by atoms with van der Waals surface area (Å²) in [4.78, 5) is 11.1. The second-order valence-electron chi connectivity index (χ2n) is 3.84. The lowest BCUT2D eigenvalue weighted by atomic mass is 10.1. The zero-order valence-electron chi connectivity index (χ0n) is 10.3. The third kappa shape index (κ3) is 3.11. The van der Waals surface area contributed by atoms with E-state index in [1.807, 2.05) is 24.3 Å². The van der Waals surface area contributed by atoms with Gasteiger partial charge in [-0.15, -0.1) is 0 Å². The molecule has 0 heterocycles. The van der Waals surface area contributed by atoms with Crippen molar-refractivity contribution >= 4 is 16.7 Å². The quantitative estimate of drug-likeness (QED) is 0.508. The van der Waals surface area contributed by atoms with Crippen molar-refractivity contribution in [1.29, 1.82) is 0 Å². The monoisotopic (exact) mass is 258 g/mol. The number of ether oxygens (including phenoxy) is 2. The van der Waals surface area contributed by atoms with Crippen LogP contribution in [0.4, 0.5) is 0 Å². The number of aliphatic hydroxyl groups excluding tert-OH is 1. The first-order valence-corrected chi connectivity index (χ1v) is 5.85. The van der Waals surface area contributed by atoms with Gasteiger partial charge in [-0.05, 0) is 29.7 Å². The lowest BCUT2D eigenvalue weighted by molar-refractivity contribution is -0.128. The van der Waals surface area contributed by atoms with E-state index in [4.69, 9.17) is 14.6 Å². The summed E-state index contributed by atoms with van der Waals surface area (Å²) < 4.78 is 10.5. The maximum Gasteiger partial charge on any atom is 0.335 e. The van der Waals surface area contributed by atoms with Gasteiger partial charge in [-0.1, -0.05) is 18.7 Å². The highest BCUT2D eigenvalue weighted by molar-refractivity contribution is 5.90. The molecule has 19 heavy (non-hydrogen) atoms. The third-order valence-corrected chi connectivity index (χ3v) is 2.55. The molecule has 0 radical (unpaired) electrons. The highest BCUT2D eigenvalue weighted by atomic mass is 16.5. The van der Waals surface area contributed by atoms with Crippen molar-refractivity contribution in [3.8, 4) is 11.5 Å². The number of fused-ring (bicyclic) bond motifs is 1. The summed E-state index contributed by atoms with van der Waals surface area (Å²) in [6.07, 6.45) is 1.12. The number of benzene rings is 2. The van der Waals surface area contributed by atoms with Crippen molar-refractivity contribution in [3.05, 3.63) is 49.1 Å². The minimum Gasteiger partial charge on any atom is -0.491 e. The van der Waals surface area contributed by atoms with Crippen molar-refractivity contribution in [2.45, 2.75) is 0 Å². The molecule has 2 aromatic rings. The van der Waals surface area contributed by atoms with Crippen LogP contribution in [0.3, 0.4) is 0 Å². The zero-order chi connectivity index (χ0) is 13.7. The molecule has 0 aliphatic carbocycles. The number of hydrogen-bond donors (Lipinski definition) is 1. The molecule has 2 rings (SSSR count). The average molecular weight is 258 g/mol. The van der Waals surface area contributed by atoms with Crippen LogP contribution in [-0.2, 0) is 4.79 Å². The van der Waals surface area contributed by atoms with Crippen LogP contribution in [0.2, 0.25) is 0 Å². The maximum atomic E-state index is 11.1. The van der Waals surface area contributed by atoms with E-state index < -0.39 is 5.97 Å². The molecule has 0 amide bonds. The molecule has 1 N–H and O–H groups in total. The molecular weight excluding hydrogens is 244 g/mol. The molecule has 0 bridgehead atoms. The van der Waals surface area contributed by atoms with E-state index >= 15 is 0 Å². The molecule has 2 aromatic carbocycles. The fraction of sp³-hybridized carbons (Fsp3) is 0.133. The molecular formula is C15H14O4. The van der Waals surface area contributed by atoms with Gasteiger partial charge in [0.2, 0.25) is 0 Å². The van der Waals surface area contributed by atoms with Gasteiger partial charge >= 0.3 is 5.97 Å². The Labute approximate surface area is 110 Å². The van der Waals surface area contributed by atoms with Crippen LogP contribution in [0.15, 0.2) is 49.1 Å². The van der Waals surface area contributed by atoms with E-state index in [-0.39, 0.29) is 13.2 Å². The molecule has 0 atom stereocenters. The van der Waals surface area contributed by atoms with Gasteiger partial charge in [0.05, 0.1) is 6.61 Å². The minimum absolute atomic E-state index is 0.0363. The van der Waals surface area contributed by atoms with E-state index in [1.165, 1.54) is 0 Å². The number of carbonyl (C=O) groups is 1. The van der Waals surface area contributed by atoms with Gasteiger partial charge in [-0.3, -0.25) is 0 Å². The van der Waals surface area contributed by atoms with Crippen molar-refractivity contribution in [1.82, 2.24) is 0 Å². The SMILES string of the molecule is C=CC(=O)Oc1ccc2c(OCCO)cccc2c1. The van der Waals surface area contributed by atoms with E-state index in [9.17, 15) is 4.79 Å². The summed E-state index contributed by atoms with van der Waals surface area (Å²) in [5, 5.41) is 10.6. The summed E-state index contributed by atoms with van der Waals surface area (Å²) >= 11 is 0. The Hall–Kier alpha value is -2.33. The van der Waals surface area contributed by atoms with E-state index in [0.29, 0.717) is 11.5 Å². The van der Waals surface area contributed by atoms with Crippen molar-refractivity contribution in [2.75, 3.05) is 13.2 Å². The van der Waals surface area contributed by atoms with Crippen LogP contribution >= 0.6 is 0 Å². The Kier molecular flexibility index (Phi) is 4.15. The molecule has 0 spiro atoms. The number of rotatable bonds is 5. The standard InChI is InChI=1S/C15H14O4/c1-2-15(17)19-12-6-7-13-11(10-12)4-3-5-14(13)18-9-8-16/h2-7,10,16H,1,8-9H2. The second-order valence-corrected chi connectivity index (χ2v) is 3.84. The molecule has 0 unspecified atom stereocenters. The van der Waals surface area contributed by atoms with Crippen LogP contribution in [0.1, 0.15) is 0 Å². The van der Waals surface area contributed by atoms with Crippen molar-refractivity contribution in [3.63, 3.8) is 0 Å². The minimum atomic E-state index is -0.493. The van der Waals surface area contributed by atoms with Crippen molar-refractivity contribution < 1.29 is 19.4 Å². The number of hydrogen-bond acceptors (Lipinski definition) is 4. The molecule has 0 aliphatic rings. The molecule has 0 fully saturated rings. The average Bonchev–Trinajstić information content (AvgIpc) is 2.44. The highest BCUT2D eigenvalue weighted by Gasteiger charge is 2.05.